The van der Waals surface area contributed by atoms with E-state index in [1.807, 2.05) is 0 Å². The molecular formula is C12H11ClFN3O2. The normalized spacial score (nSPS) is 10.5. The van der Waals surface area contributed by atoms with Crippen LogP contribution in [0.4, 0.5) is 4.39 Å². The van der Waals surface area contributed by atoms with E-state index in [0.29, 0.717) is 11.4 Å². The van der Waals surface area contributed by atoms with E-state index in [0.717, 1.165) is 0 Å². The molecular weight excluding hydrogens is 273 g/mol. The minimum absolute atomic E-state index is 0.0617. The van der Waals surface area contributed by atoms with Crippen LogP contribution in [0.5, 0.6) is 0 Å². The fourth-order valence-electron chi connectivity index (χ4n) is 1.58. The Bertz CT molecular complexity index is 627. The largest absolute Gasteiger partial charge is 0.460 e. The third kappa shape index (κ3) is 2.58. The molecule has 1 aromatic carbocycles. The van der Waals surface area contributed by atoms with Gasteiger partial charge < -0.3 is 4.74 Å². The number of ether oxygens (including phenoxy) is 1. The molecule has 0 aliphatic carbocycles. The smallest absolute Gasteiger partial charge is 0.378 e. The van der Waals surface area contributed by atoms with Gasteiger partial charge in [-0.3, -0.25) is 0 Å². The first kappa shape index (κ1) is 13.5. The molecule has 1 aromatic heterocycles. The molecule has 1 heterocycles. The van der Waals surface area contributed by atoms with Gasteiger partial charge in [-0.05, 0) is 19.1 Å². The van der Waals surface area contributed by atoms with Crippen LogP contribution < -0.4 is 0 Å². The second-order valence-electron chi connectivity index (χ2n) is 3.70. The zero-order valence-corrected chi connectivity index (χ0v) is 11.1. The topological polar surface area (TPSA) is 57.0 Å². The highest BCUT2D eigenvalue weighted by atomic mass is 35.5. The molecule has 2 rings (SSSR count). The van der Waals surface area contributed by atoms with Crippen LogP contribution in [0, 0.1) is 5.82 Å². The van der Waals surface area contributed by atoms with Crippen LogP contribution in [0.2, 0.25) is 5.02 Å². The quantitative estimate of drug-likeness (QED) is 0.812. The van der Waals surface area contributed by atoms with Crippen molar-refractivity contribution in [2.24, 2.45) is 7.05 Å². The van der Waals surface area contributed by atoms with Crippen molar-refractivity contribution in [2.45, 2.75) is 6.92 Å². The van der Waals surface area contributed by atoms with Gasteiger partial charge in [0.05, 0.1) is 11.6 Å². The number of esters is 1. The molecule has 0 atom stereocenters. The lowest BCUT2D eigenvalue weighted by molar-refractivity contribution is 0.0512. The van der Waals surface area contributed by atoms with E-state index in [4.69, 9.17) is 16.3 Å². The SMILES string of the molecule is CCOC(=O)c1nc(-c2cccc(F)c2Cl)n(C)n1. The number of rotatable bonds is 3. The molecule has 100 valence electrons. The molecule has 0 bridgehead atoms. The molecule has 0 saturated carbocycles. The first-order valence-electron chi connectivity index (χ1n) is 5.57. The summed E-state index contributed by atoms with van der Waals surface area (Å²) in [5.74, 6) is -0.969. The Hall–Kier alpha value is -1.95. The van der Waals surface area contributed by atoms with Crippen LogP contribution in [0.1, 0.15) is 17.5 Å². The van der Waals surface area contributed by atoms with Crippen molar-refractivity contribution in [3.8, 4) is 11.4 Å². The van der Waals surface area contributed by atoms with Crippen molar-refractivity contribution < 1.29 is 13.9 Å². The van der Waals surface area contributed by atoms with Gasteiger partial charge >= 0.3 is 5.97 Å². The van der Waals surface area contributed by atoms with Gasteiger partial charge in [0.1, 0.15) is 5.82 Å². The first-order chi connectivity index (χ1) is 9.04. The summed E-state index contributed by atoms with van der Waals surface area (Å²) >= 11 is 5.88. The van der Waals surface area contributed by atoms with Crippen molar-refractivity contribution in [1.29, 1.82) is 0 Å². The molecule has 5 nitrogen and oxygen atoms in total. The number of carbonyl (C=O) groups is 1. The average molecular weight is 284 g/mol. The van der Waals surface area contributed by atoms with Crippen molar-refractivity contribution in [1.82, 2.24) is 14.8 Å². The summed E-state index contributed by atoms with van der Waals surface area (Å²) in [7, 11) is 1.59. The Morgan fingerprint density at radius 2 is 2.26 bits per heavy atom. The number of benzene rings is 1. The summed E-state index contributed by atoms with van der Waals surface area (Å²) in [6.07, 6.45) is 0. The molecule has 0 aliphatic rings. The number of carbonyl (C=O) groups excluding carboxylic acids is 1. The van der Waals surface area contributed by atoms with Gasteiger partial charge in [0.2, 0.25) is 0 Å². The Morgan fingerprint density at radius 1 is 1.53 bits per heavy atom. The number of aromatic nitrogens is 3. The highest BCUT2D eigenvalue weighted by Crippen LogP contribution is 2.28. The molecule has 0 unspecified atom stereocenters. The maximum Gasteiger partial charge on any atom is 0.378 e. The Balaban J connectivity index is 2.46. The molecule has 0 amide bonds. The van der Waals surface area contributed by atoms with E-state index in [1.54, 1.807) is 20.0 Å². The number of aryl methyl sites for hydroxylation is 1. The molecule has 0 aliphatic heterocycles. The first-order valence-corrected chi connectivity index (χ1v) is 5.95. The predicted molar refractivity (Wildman–Crippen MR) is 67.4 cm³/mol. The lowest BCUT2D eigenvalue weighted by Crippen LogP contribution is -2.07. The van der Waals surface area contributed by atoms with Crippen molar-refractivity contribution >= 4 is 17.6 Å². The van der Waals surface area contributed by atoms with Crippen molar-refractivity contribution in [3.63, 3.8) is 0 Å². The van der Waals surface area contributed by atoms with Gasteiger partial charge in [-0.15, -0.1) is 5.10 Å². The molecule has 2 aromatic rings. The van der Waals surface area contributed by atoms with Crippen LogP contribution >= 0.6 is 11.6 Å². The standard InChI is InChI=1S/C12H11ClFN3O2/c1-3-19-12(18)10-15-11(17(2)16-10)7-5-4-6-8(14)9(7)13/h4-6H,3H2,1-2H3. The second kappa shape index (κ2) is 5.36. The van der Waals surface area contributed by atoms with Crippen LogP contribution in [-0.2, 0) is 11.8 Å². The van der Waals surface area contributed by atoms with Crippen molar-refractivity contribution in [3.05, 3.63) is 34.9 Å². The summed E-state index contributed by atoms with van der Waals surface area (Å²) in [5, 5.41) is 3.86. The number of hydrogen-bond acceptors (Lipinski definition) is 4. The second-order valence-corrected chi connectivity index (χ2v) is 4.08. The van der Waals surface area contributed by atoms with Gasteiger partial charge in [-0.1, -0.05) is 17.7 Å². The molecule has 19 heavy (non-hydrogen) atoms. The molecule has 0 fully saturated rings. The van der Waals surface area contributed by atoms with Gasteiger partial charge in [-0.25, -0.2) is 18.9 Å². The lowest BCUT2D eigenvalue weighted by Gasteiger charge is -2.03. The van der Waals surface area contributed by atoms with Gasteiger partial charge in [0.15, 0.2) is 5.82 Å². The molecule has 7 heteroatoms. The summed E-state index contributed by atoms with van der Waals surface area (Å²) in [6.45, 7) is 1.92. The van der Waals surface area contributed by atoms with Crippen LogP contribution in [0.3, 0.4) is 0 Å². The Kier molecular flexibility index (Phi) is 3.80. The highest BCUT2D eigenvalue weighted by Gasteiger charge is 2.19. The van der Waals surface area contributed by atoms with E-state index >= 15 is 0 Å². The number of hydrogen-bond donors (Lipinski definition) is 0. The van der Waals surface area contributed by atoms with Gasteiger partial charge in [-0.2, -0.15) is 0 Å². The molecule has 0 N–H and O–H groups in total. The average Bonchev–Trinajstić information content (AvgIpc) is 2.75. The summed E-state index contributed by atoms with van der Waals surface area (Å²) in [6, 6.07) is 4.36. The fourth-order valence-corrected chi connectivity index (χ4v) is 1.79. The maximum absolute atomic E-state index is 13.4. The highest BCUT2D eigenvalue weighted by molar-refractivity contribution is 6.33. The van der Waals surface area contributed by atoms with E-state index in [1.165, 1.54) is 16.8 Å². The zero-order chi connectivity index (χ0) is 14.0. The fraction of sp³-hybridized carbons (Fsp3) is 0.250. The van der Waals surface area contributed by atoms with E-state index < -0.39 is 11.8 Å². The lowest BCUT2D eigenvalue weighted by atomic mass is 10.2. The van der Waals surface area contributed by atoms with Crippen LogP contribution in [-0.4, -0.2) is 27.3 Å². The van der Waals surface area contributed by atoms with E-state index in [-0.39, 0.29) is 17.5 Å². The summed E-state index contributed by atoms with van der Waals surface area (Å²) in [4.78, 5) is 15.6. The van der Waals surface area contributed by atoms with Crippen LogP contribution in [0.25, 0.3) is 11.4 Å². The number of halogens is 2. The van der Waals surface area contributed by atoms with E-state index in [9.17, 15) is 9.18 Å². The minimum Gasteiger partial charge on any atom is -0.460 e. The summed E-state index contributed by atoms with van der Waals surface area (Å²) < 4.78 is 19.6. The predicted octanol–water partition coefficient (Wildman–Crippen LogP) is 2.45. The third-order valence-corrected chi connectivity index (χ3v) is 2.80. The van der Waals surface area contributed by atoms with Crippen LogP contribution in [0.15, 0.2) is 18.2 Å². The van der Waals surface area contributed by atoms with Gasteiger partial charge in [0, 0.05) is 12.6 Å². The number of nitrogens with zero attached hydrogens (tertiary/aromatic N) is 3. The van der Waals surface area contributed by atoms with Crippen molar-refractivity contribution in [2.75, 3.05) is 6.61 Å². The molecule has 0 radical (unpaired) electrons. The van der Waals surface area contributed by atoms with E-state index in [2.05, 4.69) is 10.1 Å². The monoisotopic (exact) mass is 283 g/mol. The zero-order valence-electron chi connectivity index (χ0n) is 10.4. The molecule has 0 saturated heterocycles. The summed E-state index contributed by atoms with van der Waals surface area (Å²) in [5.41, 5.74) is 0.368. The minimum atomic E-state index is -0.628. The maximum atomic E-state index is 13.4. The molecule has 0 spiro atoms. The Morgan fingerprint density at radius 3 is 2.95 bits per heavy atom. The Labute approximate surface area is 114 Å². The van der Waals surface area contributed by atoms with Gasteiger partial charge in [0.25, 0.3) is 5.82 Å². The third-order valence-electron chi connectivity index (χ3n) is 2.41.